The highest BCUT2D eigenvalue weighted by Gasteiger charge is 2.17. The van der Waals surface area contributed by atoms with Gasteiger partial charge in [0.1, 0.15) is 0 Å². The third kappa shape index (κ3) is 4.96. The first-order chi connectivity index (χ1) is 7.24. The molecule has 0 aromatic carbocycles. The number of hydrogen-bond acceptors (Lipinski definition) is 3. The van der Waals surface area contributed by atoms with E-state index in [0.29, 0.717) is 6.04 Å². The fraction of sp³-hybridized carbons (Fsp3) is 1.00. The summed E-state index contributed by atoms with van der Waals surface area (Å²) in [4.78, 5) is 2.47. The first kappa shape index (κ1) is 12.9. The largest absolute Gasteiger partial charge is 0.381 e. The number of rotatable bonds is 6. The van der Waals surface area contributed by atoms with Crippen LogP contribution in [0.4, 0.5) is 0 Å². The van der Waals surface area contributed by atoms with Gasteiger partial charge in [0.05, 0.1) is 0 Å². The van der Waals surface area contributed by atoms with E-state index in [1.807, 2.05) is 0 Å². The highest BCUT2D eigenvalue weighted by atomic mass is 16.5. The second-order valence-electron chi connectivity index (χ2n) is 4.65. The van der Waals surface area contributed by atoms with Crippen LogP contribution in [0.2, 0.25) is 0 Å². The minimum atomic E-state index is 0.632. The van der Waals surface area contributed by atoms with E-state index in [0.717, 1.165) is 32.2 Å². The summed E-state index contributed by atoms with van der Waals surface area (Å²) in [6.07, 6.45) is 2.47. The summed E-state index contributed by atoms with van der Waals surface area (Å²) in [5, 5.41) is 3.40. The highest BCUT2D eigenvalue weighted by molar-refractivity contribution is 4.72. The lowest BCUT2D eigenvalue weighted by Crippen LogP contribution is -2.41. The molecule has 1 fully saturated rings. The number of nitrogens with one attached hydrogen (secondary N) is 1. The molecule has 3 heteroatoms. The molecule has 90 valence electrons. The molecule has 0 amide bonds. The summed E-state index contributed by atoms with van der Waals surface area (Å²) in [6, 6.07) is 0.632. The van der Waals surface area contributed by atoms with Gasteiger partial charge < -0.3 is 15.0 Å². The zero-order valence-corrected chi connectivity index (χ0v) is 10.5. The minimum absolute atomic E-state index is 0.632. The maximum absolute atomic E-state index is 5.38. The van der Waals surface area contributed by atoms with Gasteiger partial charge in [0.2, 0.25) is 0 Å². The average molecular weight is 214 g/mol. The monoisotopic (exact) mass is 214 g/mol. The Morgan fingerprint density at radius 2 is 2.07 bits per heavy atom. The van der Waals surface area contributed by atoms with Crippen LogP contribution < -0.4 is 5.32 Å². The van der Waals surface area contributed by atoms with Gasteiger partial charge in [-0.05, 0) is 39.3 Å². The van der Waals surface area contributed by atoms with Crippen LogP contribution in [0.3, 0.4) is 0 Å². The molecule has 0 bridgehead atoms. The van der Waals surface area contributed by atoms with E-state index >= 15 is 0 Å². The van der Waals surface area contributed by atoms with E-state index in [1.54, 1.807) is 0 Å². The second kappa shape index (κ2) is 7.20. The summed E-state index contributed by atoms with van der Waals surface area (Å²) in [7, 11) is 2.23. The van der Waals surface area contributed by atoms with Crippen LogP contribution in [0, 0.1) is 5.92 Å². The lowest BCUT2D eigenvalue weighted by Gasteiger charge is -2.31. The normalized spacial score (nSPS) is 20.8. The summed E-state index contributed by atoms with van der Waals surface area (Å²) < 4.78 is 5.38. The molecule has 1 N–H and O–H groups in total. The summed E-state index contributed by atoms with van der Waals surface area (Å²) in [6.45, 7) is 9.75. The quantitative estimate of drug-likeness (QED) is 0.722. The maximum Gasteiger partial charge on any atom is 0.0469 e. The van der Waals surface area contributed by atoms with E-state index in [1.165, 1.54) is 19.4 Å². The predicted octanol–water partition coefficient (Wildman–Crippen LogP) is 1.34. The first-order valence-electron chi connectivity index (χ1n) is 6.22. The lowest BCUT2D eigenvalue weighted by atomic mass is 9.99. The van der Waals surface area contributed by atoms with Gasteiger partial charge in [0, 0.05) is 32.3 Å². The molecule has 1 rings (SSSR count). The SMILES string of the molecule is CCNCC(C)N(C)CC1CCOCC1. The smallest absolute Gasteiger partial charge is 0.0469 e. The average Bonchev–Trinajstić information content (AvgIpc) is 2.27. The summed E-state index contributed by atoms with van der Waals surface area (Å²) >= 11 is 0. The molecule has 0 radical (unpaired) electrons. The molecule has 0 spiro atoms. The van der Waals surface area contributed by atoms with Gasteiger partial charge in [-0.1, -0.05) is 6.92 Å². The van der Waals surface area contributed by atoms with Crippen molar-refractivity contribution in [2.75, 3.05) is 39.9 Å². The number of ether oxygens (including phenoxy) is 1. The third-order valence-electron chi connectivity index (χ3n) is 3.33. The Bertz CT molecular complexity index is 158. The second-order valence-corrected chi connectivity index (χ2v) is 4.65. The fourth-order valence-electron chi connectivity index (χ4n) is 2.03. The Kier molecular flexibility index (Phi) is 6.22. The topological polar surface area (TPSA) is 24.5 Å². The van der Waals surface area contributed by atoms with Gasteiger partial charge in [-0.3, -0.25) is 0 Å². The number of hydrogen-bond donors (Lipinski definition) is 1. The van der Waals surface area contributed by atoms with Crippen molar-refractivity contribution >= 4 is 0 Å². The highest BCUT2D eigenvalue weighted by Crippen LogP contribution is 2.16. The van der Waals surface area contributed by atoms with Crippen LogP contribution in [-0.4, -0.2) is 50.8 Å². The summed E-state index contributed by atoms with van der Waals surface area (Å²) in [5.41, 5.74) is 0. The van der Waals surface area contributed by atoms with Crippen molar-refractivity contribution in [1.29, 1.82) is 0 Å². The molecule has 0 saturated carbocycles. The van der Waals surface area contributed by atoms with Crippen LogP contribution in [0.15, 0.2) is 0 Å². The lowest BCUT2D eigenvalue weighted by molar-refractivity contribution is 0.0514. The molecule has 1 saturated heterocycles. The first-order valence-corrected chi connectivity index (χ1v) is 6.22. The molecular formula is C12H26N2O. The van der Waals surface area contributed by atoms with Gasteiger partial charge in [-0.15, -0.1) is 0 Å². The molecule has 1 aliphatic rings. The van der Waals surface area contributed by atoms with Crippen LogP contribution in [-0.2, 0) is 4.74 Å². The standard InChI is InChI=1S/C12H26N2O/c1-4-13-9-11(2)14(3)10-12-5-7-15-8-6-12/h11-13H,4-10H2,1-3H3. The van der Waals surface area contributed by atoms with E-state index in [-0.39, 0.29) is 0 Å². The Morgan fingerprint density at radius 3 is 2.67 bits per heavy atom. The molecule has 1 atom stereocenters. The Balaban J connectivity index is 2.17. The van der Waals surface area contributed by atoms with Crippen molar-refractivity contribution < 1.29 is 4.74 Å². The zero-order chi connectivity index (χ0) is 11.1. The fourth-order valence-corrected chi connectivity index (χ4v) is 2.03. The van der Waals surface area contributed by atoms with Gasteiger partial charge in [-0.2, -0.15) is 0 Å². The maximum atomic E-state index is 5.38. The van der Waals surface area contributed by atoms with Crippen molar-refractivity contribution in [2.45, 2.75) is 32.7 Å². The number of likely N-dealkylation sites (N-methyl/N-ethyl adjacent to an activating group) is 2. The van der Waals surface area contributed by atoms with Crippen molar-refractivity contribution in [2.24, 2.45) is 5.92 Å². The van der Waals surface area contributed by atoms with E-state index in [4.69, 9.17) is 4.74 Å². The predicted molar refractivity (Wildman–Crippen MR) is 64.2 cm³/mol. The molecule has 0 aromatic rings. The van der Waals surface area contributed by atoms with Crippen LogP contribution in [0.5, 0.6) is 0 Å². The Morgan fingerprint density at radius 1 is 1.40 bits per heavy atom. The van der Waals surface area contributed by atoms with Gasteiger partial charge >= 0.3 is 0 Å². The summed E-state index contributed by atoms with van der Waals surface area (Å²) in [5.74, 6) is 0.841. The molecule has 0 aliphatic carbocycles. The molecular weight excluding hydrogens is 188 g/mol. The molecule has 0 aromatic heterocycles. The number of nitrogens with zero attached hydrogens (tertiary/aromatic N) is 1. The molecule has 3 nitrogen and oxygen atoms in total. The Labute approximate surface area is 94.2 Å². The van der Waals surface area contributed by atoms with Crippen molar-refractivity contribution in [3.63, 3.8) is 0 Å². The third-order valence-corrected chi connectivity index (χ3v) is 3.33. The minimum Gasteiger partial charge on any atom is -0.381 e. The molecule has 1 unspecified atom stereocenters. The van der Waals surface area contributed by atoms with Gasteiger partial charge in [-0.25, -0.2) is 0 Å². The van der Waals surface area contributed by atoms with E-state index in [9.17, 15) is 0 Å². The van der Waals surface area contributed by atoms with Crippen molar-refractivity contribution in [3.05, 3.63) is 0 Å². The molecule has 1 aliphatic heterocycles. The molecule has 15 heavy (non-hydrogen) atoms. The van der Waals surface area contributed by atoms with Gasteiger partial charge in [0.15, 0.2) is 0 Å². The zero-order valence-electron chi connectivity index (χ0n) is 10.5. The Hall–Kier alpha value is -0.120. The van der Waals surface area contributed by atoms with Crippen LogP contribution >= 0.6 is 0 Å². The van der Waals surface area contributed by atoms with Crippen LogP contribution in [0.1, 0.15) is 26.7 Å². The van der Waals surface area contributed by atoms with Crippen molar-refractivity contribution in [1.82, 2.24) is 10.2 Å². The van der Waals surface area contributed by atoms with Crippen molar-refractivity contribution in [3.8, 4) is 0 Å². The van der Waals surface area contributed by atoms with Gasteiger partial charge in [0.25, 0.3) is 0 Å². The molecule has 1 heterocycles. The van der Waals surface area contributed by atoms with E-state index in [2.05, 4.69) is 31.1 Å². The van der Waals surface area contributed by atoms with Crippen LogP contribution in [0.25, 0.3) is 0 Å². The van der Waals surface area contributed by atoms with E-state index < -0.39 is 0 Å².